The van der Waals surface area contributed by atoms with E-state index >= 15 is 0 Å². The summed E-state index contributed by atoms with van der Waals surface area (Å²) in [6.07, 6.45) is 7.28. The summed E-state index contributed by atoms with van der Waals surface area (Å²) < 4.78 is 31.8. The van der Waals surface area contributed by atoms with Crippen molar-refractivity contribution in [1.82, 2.24) is 0 Å². The highest BCUT2D eigenvalue weighted by atomic mass is 32.2. The first-order valence-electron chi connectivity index (χ1n) is 9.77. The van der Waals surface area contributed by atoms with E-state index in [1.807, 2.05) is 6.07 Å². The monoisotopic (exact) mass is 384 g/mol. The standard InChI is InChI=1S/C20H36O3SSi/c1-6-7-8-9-10-14-17-25(18(2)3,19(4)5)23-24(21,22)20-15-12-11-13-16-20/h11-13,15-16,18-19H,6-10,14,17H2,1-5H3. The normalized spacial score (nSPS) is 12.9. The Morgan fingerprint density at radius 2 is 1.40 bits per heavy atom. The Bertz CT molecular complexity index is 574. The van der Waals surface area contributed by atoms with Crippen molar-refractivity contribution >= 4 is 18.4 Å². The molecule has 0 amide bonds. The molecule has 1 aromatic rings. The molecule has 0 saturated heterocycles. The maximum atomic E-state index is 12.8. The fourth-order valence-corrected chi connectivity index (χ4v) is 11.2. The molecule has 0 spiro atoms. The molecule has 144 valence electrons. The molecular weight excluding hydrogens is 348 g/mol. The first-order chi connectivity index (χ1) is 11.8. The van der Waals surface area contributed by atoms with Crippen LogP contribution in [0.5, 0.6) is 0 Å². The zero-order valence-electron chi connectivity index (χ0n) is 16.6. The number of unbranched alkanes of at least 4 members (excludes halogenated alkanes) is 5. The predicted molar refractivity (Wildman–Crippen MR) is 109 cm³/mol. The summed E-state index contributed by atoms with van der Waals surface area (Å²) in [4.78, 5) is 0.274. The van der Waals surface area contributed by atoms with Crippen molar-refractivity contribution in [2.75, 3.05) is 0 Å². The Hall–Kier alpha value is -0.653. The third-order valence-corrected chi connectivity index (χ3v) is 13.2. The van der Waals surface area contributed by atoms with E-state index in [-0.39, 0.29) is 16.0 Å². The van der Waals surface area contributed by atoms with Gasteiger partial charge in [-0.2, -0.15) is 8.42 Å². The molecule has 0 fully saturated rings. The number of rotatable bonds is 12. The molecule has 1 aromatic carbocycles. The molecule has 0 bridgehead atoms. The molecule has 0 saturated carbocycles. The zero-order chi connectivity index (χ0) is 18.9. The third kappa shape index (κ3) is 6.54. The summed E-state index contributed by atoms with van der Waals surface area (Å²) in [5, 5.41) is 0. The molecule has 0 aliphatic heterocycles. The van der Waals surface area contributed by atoms with Gasteiger partial charge in [0.25, 0.3) is 10.1 Å². The Kier molecular flexibility index (Phi) is 9.39. The van der Waals surface area contributed by atoms with Gasteiger partial charge in [-0.1, -0.05) is 91.3 Å². The van der Waals surface area contributed by atoms with Crippen LogP contribution in [-0.4, -0.2) is 16.7 Å². The second kappa shape index (κ2) is 10.5. The lowest BCUT2D eigenvalue weighted by Gasteiger charge is -2.37. The average molecular weight is 385 g/mol. The molecule has 3 nitrogen and oxygen atoms in total. The van der Waals surface area contributed by atoms with E-state index in [1.54, 1.807) is 24.3 Å². The van der Waals surface area contributed by atoms with E-state index in [2.05, 4.69) is 34.6 Å². The van der Waals surface area contributed by atoms with Crippen LogP contribution >= 0.6 is 0 Å². The Morgan fingerprint density at radius 1 is 0.880 bits per heavy atom. The van der Waals surface area contributed by atoms with Crippen LogP contribution in [0.2, 0.25) is 17.1 Å². The Balaban J connectivity index is 2.89. The van der Waals surface area contributed by atoms with E-state index in [4.69, 9.17) is 3.87 Å². The quantitative estimate of drug-likeness (QED) is 0.304. The van der Waals surface area contributed by atoms with Crippen LogP contribution in [0.25, 0.3) is 0 Å². The molecule has 0 aliphatic carbocycles. The van der Waals surface area contributed by atoms with Gasteiger partial charge >= 0.3 is 0 Å². The van der Waals surface area contributed by atoms with Crippen molar-refractivity contribution in [2.45, 2.75) is 95.2 Å². The molecule has 0 unspecified atom stereocenters. The van der Waals surface area contributed by atoms with Crippen molar-refractivity contribution < 1.29 is 12.3 Å². The molecule has 0 N–H and O–H groups in total. The smallest absolute Gasteiger partial charge is 0.287 e. The fourth-order valence-electron chi connectivity index (χ4n) is 3.50. The first-order valence-corrected chi connectivity index (χ1v) is 13.4. The predicted octanol–water partition coefficient (Wildman–Crippen LogP) is 6.52. The SMILES string of the molecule is CCCCCCCC[Si](OS(=O)(=O)c1ccccc1)(C(C)C)C(C)C. The molecule has 0 atom stereocenters. The lowest BCUT2D eigenvalue weighted by molar-refractivity contribution is 0.452. The summed E-state index contributed by atoms with van der Waals surface area (Å²) in [5.41, 5.74) is 0.531. The number of hydrogen-bond donors (Lipinski definition) is 0. The van der Waals surface area contributed by atoms with Gasteiger partial charge in [-0.25, -0.2) is 0 Å². The summed E-state index contributed by atoms with van der Waals surface area (Å²) in [6, 6.07) is 9.49. The molecule has 5 heteroatoms. The van der Waals surface area contributed by atoms with Gasteiger partial charge in [-0.05, 0) is 29.3 Å². The van der Waals surface area contributed by atoms with Crippen molar-refractivity contribution in [3.05, 3.63) is 30.3 Å². The van der Waals surface area contributed by atoms with E-state index in [1.165, 1.54) is 32.1 Å². The largest absolute Gasteiger partial charge is 0.311 e. The van der Waals surface area contributed by atoms with Gasteiger partial charge in [-0.3, -0.25) is 0 Å². The minimum absolute atomic E-state index is 0.265. The molecule has 0 radical (unpaired) electrons. The van der Waals surface area contributed by atoms with Crippen LogP contribution < -0.4 is 0 Å². The summed E-state index contributed by atoms with van der Waals surface area (Å²) >= 11 is 0. The average Bonchev–Trinajstić information content (AvgIpc) is 2.57. The second-order valence-electron chi connectivity index (χ2n) is 7.63. The lowest BCUT2D eigenvalue weighted by atomic mass is 10.1. The van der Waals surface area contributed by atoms with Crippen molar-refractivity contribution in [3.8, 4) is 0 Å². The highest BCUT2D eigenvalue weighted by Crippen LogP contribution is 2.40. The van der Waals surface area contributed by atoms with Gasteiger partial charge in [0.05, 0.1) is 4.90 Å². The van der Waals surface area contributed by atoms with Gasteiger partial charge in [0.2, 0.25) is 8.32 Å². The van der Waals surface area contributed by atoms with E-state index in [0.717, 1.165) is 12.5 Å². The van der Waals surface area contributed by atoms with E-state index in [0.29, 0.717) is 0 Å². The maximum absolute atomic E-state index is 12.8. The molecule has 0 aromatic heterocycles. The van der Waals surface area contributed by atoms with Crippen molar-refractivity contribution in [1.29, 1.82) is 0 Å². The van der Waals surface area contributed by atoms with Crippen molar-refractivity contribution in [3.63, 3.8) is 0 Å². The molecule has 0 heterocycles. The van der Waals surface area contributed by atoms with Gasteiger partial charge in [0.15, 0.2) is 0 Å². The first kappa shape index (κ1) is 22.4. The second-order valence-corrected chi connectivity index (χ2v) is 14.4. The van der Waals surface area contributed by atoms with Crippen LogP contribution in [0.1, 0.15) is 73.1 Å². The van der Waals surface area contributed by atoms with Crippen molar-refractivity contribution in [2.24, 2.45) is 0 Å². The zero-order valence-corrected chi connectivity index (χ0v) is 18.4. The van der Waals surface area contributed by atoms with Gasteiger partial charge < -0.3 is 3.87 Å². The minimum atomic E-state index is -3.70. The lowest BCUT2D eigenvalue weighted by Crippen LogP contribution is -2.46. The summed E-state index contributed by atoms with van der Waals surface area (Å²) in [5.74, 6) is 0. The Labute approximate surface area is 156 Å². The fraction of sp³-hybridized carbons (Fsp3) is 0.700. The topological polar surface area (TPSA) is 43.4 Å². The molecule has 1 rings (SSSR count). The van der Waals surface area contributed by atoms with E-state index in [9.17, 15) is 8.42 Å². The van der Waals surface area contributed by atoms with Crippen LogP contribution in [0.15, 0.2) is 35.2 Å². The van der Waals surface area contributed by atoms with Crippen LogP contribution in [0.3, 0.4) is 0 Å². The van der Waals surface area contributed by atoms with Gasteiger partial charge in [0, 0.05) is 0 Å². The van der Waals surface area contributed by atoms with Gasteiger partial charge in [-0.15, -0.1) is 0 Å². The Morgan fingerprint density at radius 3 is 1.92 bits per heavy atom. The number of benzene rings is 1. The third-order valence-electron chi connectivity index (χ3n) is 5.17. The minimum Gasteiger partial charge on any atom is -0.311 e. The number of hydrogen-bond acceptors (Lipinski definition) is 3. The summed E-state index contributed by atoms with van der Waals surface area (Å²) in [7, 11) is -6.12. The highest BCUT2D eigenvalue weighted by Gasteiger charge is 2.45. The molecule has 0 aliphatic rings. The van der Waals surface area contributed by atoms with Crippen LogP contribution in [-0.2, 0) is 14.0 Å². The molecule has 25 heavy (non-hydrogen) atoms. The van der Waals surface area contributed by atoms with Crippen LogP contribution in [0.4, 0.5) is 0 Å². The molecular formula is C20H36O3SSi. The van der Waals surface area contributed by atoms with Crippen LogP contribution in [0, 0.1) is 0 Å². The highest BCUT2D eigenvalue weighted by molar-refractivity contribution is 7.87. The maximum Gasteiger partial charge on any atom is 0.287 e. The van der Waals surface area contributed by atoms with Gasteiger partial charge in [0.1, 0.15) is 0 Å². The summed E-state index contributed by atoms with van der Waals surface area (Å²) in [6.45, 7) is 10.7. The van der Waals surface area contributed by atoms with E-state index < -0.39 is 18.4 Å².